The fourth-order valence-corrected chi connectivity index (χ4v) is 0.970. The Balaban J connectivity index is 2.65. The highest BCUT2D eigenvalue weighted by atomic mass is 16.3. The van der Waals surface area contributed by atoms with Crippen LogP contribution in [0, 0.1) is 6.92 Å². The molecule has 0 spiro atoms. The zero-order valence-corrected chi connectivity index (χ0v) is 6.42. The zero-order valence-electron chi connectivity index (χ0n) is 6.42. The number of aryl methyl sites for hydroxylation is 1. The van der Waals surface area contributed by atoms with Gasteiger partial charge in [-0.2, -0.15) is 0 Å². The molecular weight excluding hydrogens is 126 g/mol. The van der Waals surface area contributed by atoms with Crippen molar-refractivity contribution in [2.75, 3.05) is 0 Å². The van der Waals surface area contributed by atoms with Gasteiger partial charge in [0.15, 0.2) is 0 Å². The van der Waals surface area contributed by atoms with Crippen LogP contribution in [-0.2, 0) is 6.42 Å². The summed E-state index contributed by atoms with van der Waals surface area (Å²) in [6, 6.07) is 2.19. The fraction of sp³-hybridized carbons (Fsp3) is 0.500. The average Bonchev–Trinajstić information content (AvgIpc) is 2.15. The Morgan fingerprint density at radius 2 is 2.40 bits per heavy atom. The first-order chi connectivity index (χ1) is 4.70. The lowest BCUT2D eigenvalue weighted by molar-refractivity contribution is 0.527. The van der Waals surface area contributed by atoms with Gasteiger partial charge in [-0.1, -0.05) is 0 Å². The standard InChI is InChI=1S/C8H13NO/c1-6(9)5-8-3-4-10-7(8)2/h3-4,6H,5,9H2,1-2H3/t6-/m1/s1. The second-order valence-corrected chi connectivity index (χ2v) is 2.68. The summed E-state index contributed by atoms with van der Waals surface area (Å²) in [4.78, 5) is 0. The summed E-state index contributed by atoms with van der Waals surface area (Å²) >= 11 is 0. The lowest BCUT2D eigenvalue weighted by atomic mass is 10.1. The van der Waals surface area contributed by atoms with Crippen LogP contribution < -0.4 is 5.73 Å². The summed E-state index contributed by atoms with van der Waals surface area (Å²) in [6.07, 6.45) is 2.61. The number of hydrogen-bond donors (Lipinski definition) is 1. The van der Waals surface area contributed by atoms with Crippen molar-refractivity contribution >= 4 is 0 Å². The Morgan fingerprint density at radius 3 is 2.80 bits per heavy atom. The molecule has 1 aromatic rings. The molecule has 0 amide bonds. The molecule has 56 valence electrons. The molecular formula is C8H13NO. The van der Waals surface area contributed by atoms with E-state index < -0.39 is 0 Å². The predicted octanol–water partition coefficient (Wildman–Crippen LogP) is 1.48. The third-order valence-electron chi connectivity index (χ3n) is 1.51. The molecule has 1 aromatic heterocycles. The van der Waals surface area contributed by atoms with Crippen molar-refractivity contribution < 1.29 is 4.42 Å². The van der Waals surface area contributed by atoms with Crippen LogP contribution in [0.25, 0.3) is 0 Å². The first-order valence-electron chi connectivity index (χ1n) is 3.48. The Labute approximate surface area is 61.0 Å². The second-order valence-electron chi connectivity index (χ2n) is 2.68. The average molecular weight is 139 g/mol. The van der Waals surface area contributed by atoms with Gasteiger partial charge in [-0.15, -0.1) is 0 Å². The Kier molecular flexibility index (Phi) is 2.12. The number of rotatable bonds is 2. The lowest BCUT2D eigenvalue weighted by Crippen LogP contribution is -2.17. The van der Waals surface area contributed by atoms with E-state index in [2.05, 4.69) is 0 Å². The van der Waals surface area contributed by atoms with Crippen molar-refractivity contribution in [3.05, 3.63) is 23.7 Å². The minimum atomic E-state index is 0.219. The van der Waals surface area contributed by atoms with E-state index in [0.717, 1.165) is 12.2 Å². The van der Waals surface area contributed by atoms with Gasteiger partial charge in [0.05, 0.1) is 6.26 Å². The van der Waals surface area contributed by atoms with E-state index in [4.69, 9.17) is 10.2 Å². The van der Waals surface area contributed by atoms with Gasteiger partial charge in [-0.05, 0) is 31.9 Å². The third-order valence-corrected chi connectivity index (χ3v) is 1.51. The molecule has 0 aromatic carbocycles. The molecule has 0 unspecified atom stereocenters. The molecule has 1 heterocycles. The normalized spacial score (nSPS) is 13.5. The molecule has 0 aliphatic heterocycles. The summed E-state index contributed by atoms with van der Waals surface area (Å²) < 4.78 is 5.11. The molecule has 1 atom stereocenters. The highest BCUT2D eigenvalue weighted by Crippen LogP contribution is 2.09. The molecule has 10 heavy (non-hydrogen) atoms. The van der Waals surface area contributed by atoms with Gasteiger partial charge in [0, 0.05) is 6.04 Å². The van der Waals surface area contributed by atoms with Gasteiger partial charge in [-0.3, -0.25) is 0 Å². The van der Waals surface area contributed by atoms with Crippen molar-refractivity contribution in [2.24, 2.45) is 5.73 Å². The maximum absolute atomic E-state index is 5.61. The summed E-state index contributed by atoms with van der Waals surface area (Å²) in [5, 5.41) is 0. The van der Waals surface area contributed by atoms with Gasteiger partial charge in [0.25, 0.3) is 0 Å². The summed E-state index contributed by atoms with van der Waals surface area (Å²) in [5.74, 6) is 0.984. The van der Waals surface area contributed by atoms with E-state index in [9.17, 15) is 0 Å². The van der Waals surface area contributed by atoms with E-state index >= 15 is 0 Å². The fourth-order valence-electron chi connectivity index (χ4n) is 0.970. The monoisotopic (exact) mass is 139 g/mol. The highest BCUT2D eigenvalue weighted by Gasteiger charge is 2.02. The smallest absolute Gasteiger partial charge is 0.103 e. The number of furan rings is 1. The maximum Gasteiger partial charge on any atom is 0.103 e. The van der Waals surface area contributed by atoms with E-state index in [1.54, 1.807) is 6.26 Å². The van der Waals surface area contributed by atoms with Crippen molar-refractivity contribution in [3.8, 4) is 0 Å². The molecule has 0 fully saturated rings. The van der Waals surface area contributed by atoms with Crippen LogP contribution in [0.1, 0.15) is 18.2 Å². The topological polar surface area (TPSA) is 39.2 Å². The Morgan fingerprint density at radius 1 is 1.70 bits per heavy atom. The van der Waals surface area contributed by atoms with Gasteiger partial charge in [0.2, 0.25) is 0 Å². The predicted molar refractivity (Wildman–Crippen MR) is 40.8 cm³/mol. The highest BCUT2D eigenvalue weighted by molar-refractivity contribution is 5.16. The van der Waals surface area contributed by atoms with Crippen molar-refractivity contribution in [2.45, 2.75) is 26.3 Å². The van der Waals surface area contributed by atoms with Gasteiger partial charge in [0.1, 0.15) is 5.76 Å². The SMILES string of the molecule is Cc1occc1C[C@@H](C)N. The number of hydrogen-bond acceptors (Lipinski definition) is 2. The van der Waals surface area contributed by atoms with Crippen LogP contribution in [0.5, 0.6) is 0 Å². The molecule has 2 heteroatoms. The second kappa shape index (κ2) is 2.88. The quantitative estimate of drug-likeness (QED) is 0.674. The first-order valence-corrected chi connectivity index (χ1v) is 3.48. The lowest BCUT2D eigenvalue weighted by Gasteiger charge is -2.01. The Bertz CT molecular complexity index is 203. The zero-order chi connectivity index (χ0) is 7.56. The third kappa shape index (κ3) is 1.61. The minimum Gasteiger partial charge on any atom is -0.469 e. The van der Waals surface area contributed by atoms with Crippen molar-refractivity contribution in [1.29, 1.82) is 0 Å². The first kappa shape index (κ1) is 7.35. The largest absolute Gasteiger partial charge is 0.469 e. The Hall–Kier alpha value is -0.760. The summed E-state index contributed by atoms with van der Waals surface area (Å²) in [7, 11) is 0. The summed E-state index contributed by atoms with van der Waals surface area (Å²) in [5.41, 5.74) is 6.83. The van der Waals surface area contributed by atoms with E-state index in [1.807, 2.05) is 19.9 Å². The van der Waals surface area contributed by atoms with Crippen LogP contribution in [0.15, 0.2) is 16.7 Å². The maximum atomic E-state index is 5.61. The molecule has 0 aliphatic carbocycles. The van der Waals surface area contributed by atoms with Crippen molar-refractivity contribution in [1.82, 2.24) is 0 Å². The van der Waals surface area contributed by atoms with Gasteiger partial charge >= 0.3 is 0 Å². The molecule has 0 saturated heterocycles. The van der Waals surface area contributed by atoms with Crippen LogP contribution in [-0.4, -0.2) is 6.04 Å². The van der Waals surface area contributed by atoms with Gasteiger partial charge < -0.3 is 10.2 Å². The van der Waals surface area contributed by atoms with E-state index in [0.29, 0.717) is 0 Å². The molecule has 0 radical (unpaired) electrons. The molecule has 0 bridgehead atoms. The number of nitrogens with two attached hydrogens (primary N) is 1. The van der Waals surface area contributed by atoms with E-state index in [1.165, 1.54) is 5.56 Å². The minimum absolute atomic E-state index is 0.219. The van der Waals surface area contributed by atoms with E-state index in [-0.39, 0.29) is 6.04 Å². The van der Waals surface area contributed by atoms with Crippen molar-refractivity contribution in [3.63, 3.8) is 0 Å². The van der Waals surface area contributed by atoms with Gasteiger partial charge in [-0.25, -0.2) is 0 Å². The van der Waals surface area contributed by atoms with Crippen LogP contribution >= 0.6 is 0 Å². The molecule has 2 nitrogen and oxygen atoms in total. The molecule has 0 aliphatic rings. The van der Waals surface area contributed by atoms with Crippen LogP contribution in [0.2, 0.25) is 0 Å². The summed E-state index contributed by atoms with van der Waals surface area (Å²) in [6.45, 7) is 3.95. The molecule has 1 rings (SSSR count). The molecule has 2 N–H and O–H groups in total. The van der Waals surface area contributed by atoms with Crippen LogP contribution in [0.3, 0.4) is 0 Å². The molecule has 0 saturated carbocycles. The van der Waals surface area contributed by atoms with Crippen LogP contribution in [0.4, 0.5) is 0 Å².